The fraction of sp³-hybridized carbons (Fsp3) is 0.308. The summed E-state index contributed by atoms with van der Waals surface area (Å²) in [7, 11) is 0. The summed E-state index contributed by atoms with van der Waals surface area (Å²) in [5.74, 6) is 0.687. The van der Waals surface area contributed by atoms with Crippen LogP contribution in [0, 0.1) is 13.8 Å². The molecule has 35 heavy (non-hydrogen) atoms. The van der Waals surface area contributed by atoms with E-state index in [4.69, 9.17) is 11.6 Å². The zero-order valence-electron chi connectivity index (χ0n) is 19.8. The minimum absolute atomic E-state index is 0.0797. The lowest BCUT2D eigenvalue weighted by Crippen LogP contribution is -2.48. The second-order valence-corrected chi connectivity index (χ2v) is 9.41. The molecule has 0 aliphatic carbocycles. The Morgan fingerprint density at radius 3 is 2.40 bits per heavy atom. The Bertz CT molecular complexity index is 1430. The Balaban J connectivity index is 1.25. The van der Waals surface area contributed by atoms with Crippen LogP contribution >= 0.6 is 11.6 Å². The number of fused-ring (bicyclic) bond motifs is 1. The molecular weight excluding hydrogens is 464 g/mol. The first-order valence-electron chi connectivity index (χ1n) is 11.7. The molecule has 1 aliphatic heterocycles. The maximum absolute atomic E-state index is 13.1. The van der Waals surface area contributed by atoms with Gasteiger partial charge >= 0.3 is 5.56 Å². The molecule has 1 amide bonds. The Morgan fingerprint density at radius 1 is 0.943 bits per heavy atom. The number of aromatic nitrogens is 4. The quantitative estimate of drug-likeness (QED) is 0.428. The first kappa shape index (κ1) is 23.1. The van der Waals surface area contributed by atoms with Crippen molar-refractivity contribution in [2.75, 3.05) is 31.1 Å². The summed E-state index contributed by atoms with van der Waals surface area (Å²) in [6, 6.07) is 13.8. The molecule has 180 valence electrons. The van der Waals surface area contributed by atoms with Gasteiger partial charge in [0.15, 0.2) is 0 Å². The molecule has 3 heterocycles. The molecule has 8 nitrogen and oxygen atoms in total. The molecule has 0 unspecified atom stereocenters. The summed E-state index contributed by atoms with van der Waals surface area (Å²) in [5, 5.41) is 9.05. The van der Waals surface area contributed by atoms with Crippen molar-refractivity contribution in [2.24, 2.45) is 0 Å². The van der Waals surface area contributed by atoms with Gasteiger partial charge in [0.1, 0.15) is 5.82 Å². The van der Waals surface area contributed by atoms with Gasteiger partial charge in [0.2, 0.25) is 11.6 Å². The fourth-order valence-corrected chi connectivity index (χ4v) is 4.85. The number of nitrogens with zero attached hydrogens (tertiary/aromatic N) is 6. The highest BCUT2D eigenvalue weighted by atomic mass is 35.5. The van der Waals surface area contributed by atoms with E-state index >= 15 is 0 Å². The van der Waals surface area contributed by atoms with Crippen molar-refractivity contribution in [2.45, 2.75) is 26.7 Å². The molecule has 1 fully saturated rings. The van der Waals surface area contributed by atoms with Crippen LogP contribution in [0.3, 0.4) is 0 Å². The van der Waals surface area contributed by atoms with Crippen LogP contribution in [0.4, 0.5) is 5.69 Å². The van der Waals surface area contributed by atoms with Crippen LogP contribution in [0.2, 0.25) is 5.02 Å². The Hall–Kier alpha value is -3.65. The highest BCUT2D eigenvalue weighted by Gasteiger charge is 2.22. The second-order valence-electron chi connectivity index (χ2n) is 8.98. The number of piperazine rings is 1. The molecule has 4 aromatic rings. The third-order valence-corrected chi connectivity index (χ3v) is 6.63. The Kier molecular flexibility index (Phi) is 6.30. The number of aryl methyl sites for hydroxylation is 3. The zero-order chi connectivity index (χ0) is 24.5. The highest BCUT2D eigenvalue weighted by molar-refractivity contribution is 6.30. The third-order valence-electron chi connectivity index (χ3n) is 6.39. The van der Waals surface area contributed by atoms with Gasteiger partial charge in [-0.2, -0.15) is 0 Å². The molecule has 9 heteroatoms. The smallest absolute Gasteiger partial charge is 0.300 e. The molecule has 0 N–H and O–H groups in total. The lowest BCUT2D eigenvalue weighted by Gasteiger charge is -2.36. The molecule has 1 saturated heterocycles. The maximum atomic E-state index is 13.1. The molecule has 2 aromatic carbocycles. The van der Waals surface area contributed by atoms with Crippen LogP contribution < -0.4 is 10.5 Å². The lowest BCUT2D eigenvalue weighted by molar-refractivity contribution is -0.131. The average Bonchev–Trinajstić information content (AvgIpc) is 3.26. The van der Waals surface area contributed by atoms with Crippen molar-refractivity contribution in [3.63, 3.8) is 0 Å². The zero-order valence-corrected chi connectivity index (χ0v) is 20.6. The number of halogens is 1. The van der Waals surface area contributed by atoms with Gasteiger partial charge in [-0.25, -0.2) is 0 Å². The molecule has 0 radical (unpaired) electrons. The molecule has 0 atom stereocenters. The van der Waals surface area contributed by atoms with Crippen LogP contribution in [-0.2, 0) is 11.2 Å². The van der Waals surface area contributed by atoms with Crippen LogP contribution in [0.15, 0.2) is 59.7 Å². The molecule has 0 spiro atoms. The summed E-state index contributed by atoms with van der Waals surface area (Å²) >= 11 is 6.11. The van der Waals surface area contributed by atoms with E-state index in [1.54, 1.807) is 21.4 Å². The minimum atomic E-state index is -0.236. The minimum Gasteiger partial charge on any atom is -0.368 e. The van der Waals surface area contributed by atoms with Gasteiger partial charge in [-0.15, -0.1) is 10.2 Å². The van der Waals surface area contributed by atoms with Crippen molar-refractivity contribution in [1.29, 1.82) is 0 Å². The highest BCUT2D eigenvalue weighted by Crippen LogP contribution is 2.21. The van der Waals surface area contributed by atoms with Crippen molar-refractivity contribution in [3.05, 3.63) is 87.2 Å². The van der Waals surface area contributed by atoms with Crippen molar-refractivity contribution in [3.8, 4) is 5.69 Å². The van der Waals surface area contributed by atoms with Gasteiger partial charge < -0.3 is 9.80 Å². The molecule has 0 bridgehead atoms. The normalized spacial score (nSPS) is 14.0. The number of hydrogen-bond donors (Lipinski definition) is 0. The first-order chi connectivity index (χ1) is 16.9. The lowest BCUT2D eigenvalue weighted by atomic mass is 10.1. The number of rotatable bonds is 5. The Labute approximate surface area is 208 Å². The molecule has 0 saturated carbocycles. The van der Waals surface area contributed by atoms with E-state index in [2.05, 4.69) is 21.2 Å². The van der Waals surface area contributed by atoms with Gasteiger partial charge in [0, 0.05) is 67.8 Å². The van der Waals surface area contributed by atoms with E-state index in [1.807, 2.05) is 55.1 Å². The second kappa shape index (κ2) is 9.54. The van der Waals surface area contributed by atoms with Crippen molar-refractivity contribution >= 4 is 28.8 Å². The van der Waals surface area contributed by atoms with E-state index in [0.717, 1.165) is 35.6 Å². The SMILES string of the molecule is Cc1cc(C)cc(-n2ccn3c(CCC(=O)N4CCN(c5cccc(Cl)c5)CC4)nnc3c2=O)c1. The number of amides is 1. The summed E-state index contributed by atoms with van der Waals surface area (Å²) in [5.41, 5.74) is 4.06. The molecular formula is C26H27ClN6O2. The molecule has 2 aromatic heterocycles. The summed E-state index contributed by atoms with van der Waals surface area (Å²) in [4.78, 5) is 30.1. The topological polar surface area (TPSA) is 75.7 Å². The van der Waals surface area contributed by atoms with Gasteiger partial charge in [0.25, 0.3) is 0 Å². The van der Waals surface area contributed by atoms with E-state index in [1.165, 1.54) is 0 Å². The van der Waals surface area contributed by atoms with Gasteiger partial charge in [-0.3, -0.25) is 18.6 Å². The number of benzene rings is 2. The van der Waals surface area contributed by atoms with E-state index in [0.29, 0.717) is 36.8 Å². The van der Waals surface area contributed by atoms with Crippen LogP contribution in [0.1, 0.15) is 23.4 Å². The van der Waals surface area contributed by atoms with Gasteiger partial charge in [0.05, 0.1) is 0 Å². The first-order valence-corrected chi connectivity index (χ1v) is 12.1. The maximum Gasteiger partial charge on any atom is 0.300 e. The summed E-state index contributed by atoms with van der Waals surface area (Å²) < 4.78 is 3.27. The predicted molar refractivity (Wildman–Crippen MR) is 137 cm³/mol. The largest absolute Gasteiger partial charge is 0.368 e. The Morgan fingerprint density at radius 2 is 1.69 bits per heavy atom. The summed E-state index contributed by atoms with van der Waals surface area (Å²) in [6.45, 7) is 6.85. The molecule has 1 aliphatic rings. The fourth-order valence-electron chi connectivity index (χ4n) is 4.66. The third kappa shape index (κ3) is 4.79. The van der Waals surface area contributed by atoms with E-state index < -0.39 is 0 Å². The average molecular weight is 491 g/mol. The number of carbonyl (C=O) groups is 1. The number of hydrogen-bond acceptors (Lipinski definition) is 5. The van der Waals surface area contributed by atoms with E-state index in [9.17, 15) is 9.59 Å². The van der Waals surface area contributed by atoms with E-state index in [-0.39, 0.29) is 17.1 Å². The van der Waals surface area contributed by atoms with Crippen LogP contribution in [0.25, 0.3) is 11.3 Å². The molecule has 5 rings (SSSR count). The number of carbonyl (C=O) groups excluding carboxylic acids is 1. The monoisotopic (exact) mass is 490 g/mol. The number of anilines is 1. The predicted octanol–water partition coefficient (Wildman–Crippen LogP) is 3.43. The van der Waals surface area contributed by atoms with Crippen LogP contribution in [0.5, 0.6) is 0 Å². The standard InChI is InChI=1S/C26H27ClN6O2/c1-18-14-19(2)16-22(15-18)32-12-13-33-23(28-29-25(33)26(32)35)6-7-24(34)31-10-8-30(9-11-31)21-5-3-4-20(27)17-21/h3-5,12-17H,6-11H2,1-2H3. The van der Waals surface area contributed by atoms with Crippen LogP contribution in [-0.4, -0.2) is 56.2 Å². The van der Waals surface area contributed by atoms with Crippen molar-refractivity contribution < 1.29 is 4.79 Å². The van der Waals surface area contributed by atoms with Crippen molar-refractivity contribution in [1.82, 2.24) is 24.1 Å². The van der Waals surface area contributed by atoms with Gasteiger partial charge in [-0.1, -0.05) is 23.7 Å². The van der Waals surface area contributed by atoms with Gasteiger partial charge in [-0.05, 0) is 55.3 Å². The summed E-state index contributed by atoms with van der Waals surface area (Å²) in [6.07, 6.45) is 4.25.